The van der Waals surface area contributed by atoms with Crippen molar-refractivity contribution in [2.24, 2.45) is 0 Å². The van der Waals surface area contributed by atoms with Gasteiger partial charge >= 0.3 is 0 Å². The van der Waals surface area contributed by atoms with E-state index in [0.29, 0.717) is 29.8 Å². The Kier molecular flexibility index (Phi) is 8.05. The van der Waals surface area contributed by atoms with E-state index in [9.17, 15) is 14.7 Å². The molecule has 2 amide bonds. The molecule has 2 aliphatic heterocycles. The predicted molar refractivity (Wildman–Crippen MR) is 123 cm³/mol. The number of carbonyl (C=O) groups is 2. The van der Waals surface area contributed by atoms with Crippen LogP contribution >= 0.6 is 23.2 Å². The topological polar surface area (TPSA) is 79.4 Å². The normalized spacial score (nSPS) is 18.0. The number of benzene rings is 1. The lowest BCUT2D eigenvalue weighted by atomic mass is 10.1. The lowest BCUT2D eigenvalue weighted by Crippen LogP contribution is -2.64. The molecule has 1 aromatic carbocycles. The molecule has 2 saturated heterocycles. The second-order valence-corrected chi connectivity index (χ2v) is 8.93. The van der Waals surface area contributed by atoms with Crippen LogP contribution in [0.5, 0.6) is 5.75 Å². The van der Waals surface area contributed by atoms with Crippen LogP contribution in [0.25, 0.3) is 0 Å². The van der Waals surface area contributed by atoms with Gasteiger partial charge in [0.2, 0.25) is 11.8 Å². The molecule has 3 rings (SSSR count). The Labute approximate surface area is 193 Å². The van der Waals surface area contributed by atoms with Crippen LogP contribution in [0.15, 0.2) is 24.3 Å². The molecule has 1 aromatic rings. The molecular weight excluding hydrogens is 441 g/mol. The first-order valence-corrected chi connectivity index (χ1v) is 11.0. The summed E-state index contributed by atoms with van der Waals surface area (Å²) >= 11 is 11.8. The van der Waals surface area contributed by atoms with Crippen molar-refractivity contribution in [2.75, 3.05) is 71.8 Å². The molecule has 10 heteroatoms. The number of halogens is 2. The lowest BCUT2D eigenvalue weighted by Gasteiger charge is -2.47. The molecule has 31 heavy (non-hydrogen) atoms. The van der Waals surface area contributed by atoms with Gasteiger partial charge in [-0.25, -0.2) is 0 Å². The van der Waals surface area contributed by atoms with E-state index in [-0.39, 0.29) is 29.1 Å². The minimum absolute atomic E-state index is 0.0402. The first-order valence-electron chi connectivity index (χ1n) is 10.3. The molecule has 0 spiro atoms. The largest absolute Gasteiger partial charge is 0.506 e. The molecule has 2 heterocycles. The van der Waals surface area contributed by atoms with Gasteiger partial charge in [-0.3, -0.25) is 14.5 Å². The van der Waals surface area contributed by atoms with Gasteiger partial charge < -0.3 is 25.1 Å². The van der Waals surface area contributed by atoms with Crippen LogP contribution in [0.3, 0.4) is 0 Å². The van der Waals surface area contributed by atoms with E-state index >= 15 is 0 Å². The monoisotopic (exact) mass is 469 g/mol. The van der Waals surface area contributed by atoms with Crippen LogP contribution in [-0.2, 0) is 9.59 Å². The second kappa shape index (κ2) is 10.5. The summed E-state index contributed by atoms with van der Waals surface area (Å²) in [7, 11) is 3.93. The number of amides is 2. The van der Waals surface area contributed by atoms with Crippen LogP contribution in [0.2, 0.25) is 10.0 Å². The van der Waals surface area contributed by atoms with Crippen molar-refractivity contribution < 1.29 is 14.7 Å². The molecule has 0 atom stereocenters. The fraction of sp³-hybridized carbons (Fsp3) is 0.524. The molecule has 2 fully saturated rings. The van der Waals surface area contributed by atoms with Crippen molar-refractivity contribution in [2.45, 2.75) is 6.04 Å². The number of likely N-dealkylation sites (N-methyl/N-ethyl adjacent to an activating group) is 1. The van der Waals surface area contributed by atoms with E-state index in [2.05, 4.69) is 10.2 Å². The molecular formula is C21H29Cl2N5O3. The third kappa shape index (κ3) is 6.26. The first kappa shape index (κ1) is 23.7. The quantitative estimate of drug-likeness (QED) is 0.466. The summed E-state index contributed by atoms with van der Waals surface area (Å²) in [6, 6.07) is 3.21. The summed E-state index contributed by atoms with van der Waals surface area (Å²) in [5.74, 6) is -0.0298. The molecule has 2 aliphatic rings. The number of hydrogen-bond acceptors (Lipinski definition) is 6. The molecule has 8 nitrogen and oxygen atoms in total. The van der Waals surface area contributed by atoms with E-state index in [1.54, 1.807) is 6.08 Å². The maximum Gasteiger partial charge on any atom is 0.246 e. The predicted octanol–water partition coefficient (Wildman–Crippen LogP) is 1.58. The van der Waals surface area contributed by atoms with Gasteiger partial charge in [0.15, 0.2) is 0 Å². The van der Waals surface area contributed by atoms with Crippen molar-refractivity contribution in [1.29, 1.82) is 0 Å². The number of piperazine rings is 1. The van der Waals surface area contributed by atoms with E-state index in [4.69, 9.17) is 23.2 Å². The highest BCUT2D eigenvalue weighted by Crippen LogP contribution is 2.33. The van der Waals surface area contributed by atoms with Gasteiger partial charge in [0, 0.05) is 64.0 Å². The SMILES string of the molecule is CN(C)C/C=C/C(=O)N1CC(N2CCN(C(=O)CNc3cc(Cl)c(Cl)cc3O)CC2)C1. The molecule has 0 bridgehead atoms. The first-order chi connectivity index (χ1) is 14.7. The standard InChI is InChI=1S/C21H29Cl2N5O3/c1-25(2)5-3-4-20(30)28-13-15(14-28)26-6-8-27(9-7-26)21(31)12-24-18-10-16(22)17(23)11-19(18)29/h3-4,10-11,15,24,29H,5-9,12-14H2,1-2H3/b4-3+. The Morgan fingerprint density at radius 2 is 1.77 bits per heavy atom. The molecule has 170 valence electrons. The molecule has 0 aromatic heterocycles. The highest BCUT2D eigenvalue weighted by Gasteiger charge is 2.35. The minimum atomic E-state index is -0.0485. The summed E-state index contributed by atoms with van der Waals surface area (Å²) in [4.78, 5) is 32.7. The second-order valence-electron chi connectivity index (χ2n) is 8.12. The average molecular weight is 470 g/mol. The Morgan fingerprint density at radius 1 is 1.13 bits per heavy atom. The Balaban J connectivity index is 1.38. The van der Waals surface area contributed by atoms with Crippen molar-refractivity contribution in [1.82, 2.24) is 19.6 Å². The number of carbonyl (C=O) groups excluding carboxylic acids is 2. The molecule has 0 unspecified atom stereocenters. The number of rotatable bonds is 7. The maximum absolute atomic E-state index is 12.5. The van der Waals surface area contributed by atoms with Crippen LogP contribution in [-0.4, -0.2) is 109 Å². The molecule has 0 radical (unpaired) electrons. The summed E-state index contributed by atoms with van der Waals surface area (Å²) in [5, 5.41) is 13.4. The highest BCUT2D eigenvalue weighted by molar-refractivity contribution is 6.42. The Hall–Kier alpha value is -2.00. The van der Waals surface area contributed by atoms with Gasteiger partial charge in [-0.2, -0.15) is 0 Å². The van der Waals surface area contributed by atoms with Crippen LogP contribution in [0.4, 0.5) is 5.69 Å². The third-order valence-electron chi connectivity index (χ3n) is 5.56. The molecule has 0 aliphatic carbocycles. The lowest BCUT2D eigenvalue weighted by molar-refractivity contribution is -0.135. The van der Waals surface area contributed by atoms with E-state index < -0.39 is 0 Å². The summed E-state index contributed by atoms with van der Waals surface area (Å²) in [6.45, 7) is 5.13. The fourth-order valence-corrected chi connectivity index (χ4v) is 3.95. The number of nitrogens with zero attached hydrogens (tertiary/aromatic N) is 4. The third-order valence-corrected chi connectivity index (χ3v) is 6.28. The van der Waals surface area contributed by atoms with E-state index in [1.807, 2.05) is 34.9 Å². The van der Waals surface area contributed by atoms with Gasteiger partial charge in [0.25, 0.3) is 0 Å². The van der Waals surface area contributed by atoms with Gasteiger partial charge in [-0.15, -0.1) is 0 Å². The summed E-state index contributed by atoms with van der Waals surface area (Å²) in [5.41, 5.74) is 0.375. The zero-order valence-electron chi connectivity index (χ0n) is 17.9. The van der Waals surface area contributed by atoms with Crippen LogP contribution in [0, 0.1) is 0 Å². The number of phenols is 1. The van der Waals surface area contributed by atoms with Gasteiger partial charge in [-0.05, 0) is 20.2 Å². The van der Waals surface area contributed by atoms with Gasteiger partial charge in [-0.1, -0.05) is 29.3 Å². The number of likely N-dealkylation sites (tertiary alicyclic amines) is 1. The molecule has 2 N–H and O–H groups in total. The zero-order valence-corrected chi connectivity index (χ0v) is 19.4. The number of hydrogen-bond donors (Lipinski definition) is 2. The van der Waals surface area contributed by atoms with Gasteiger partial charge in [0.05, 0.1) is 22.3 Å². The molecule has 0 saturated carbocycles. The number of anilines is 1. The zero-order chi connectivity index (χ0) is 22.5. The maximum atomic E-state index is 12.5. The van der Waals surface area contributed by atoms with E-state index in [0.717, 1.165) is 32.7 Å². The van der Waals surface area contributed by atoms with Crippen LogP contribution in [0.1, 0.15) is 0 Å². The fourth-order valence-electron chi connectivity index (χ4n) is 3.63. The van der Waals surface area contributed by atoms with Crippen LogP contribution < -0.4 is 5.32 Å². The summed E-state index contributed by atoms with van der Waals surface area (Å²) in [6.07, 6.45) is 3.53. The van der Waals surface area contributed by atoms with Crippen molar-refractivity contribution in [3.8, 4) is 5.75 Å². The van der Waals surface area contributed by atoms with Gasteiger partial charge in [0.1, 0.15) is 5.75 Å². The average Bonchev–Trinajstić information content (AvgIpc) is 2.68. The van der Waals surface area contributed by atoms with Crippen molar-refractivity contribution in [3.63, 3.8) is 0 Å². The highest BCUT2D eigenvalue weighted by atomic mass is 35.5. The Bertz CT molecular complexity index is 835. The number of phenolic OH excluding ortho intramolecular Hbond substituents is 1. The van der Waals surface area contributed by atoms with E-state index in [1.165, 1.54) is 12.1 Å². The minimum Gasteiger partial charge on any atom is -0.506 e. The van der Waals surface area contributed by atoms with Crippen molar-refractivity contribution >= 4 is 40.7 Å². The number of aromatic hydroxyl groups is 1. The smallest absolute Gasteiger partial charge is 0.246 e. The summed E-state index contributed by atoms with van der Waals surface area (Å²) < 4.78 is 0. The Morgan fingerprint density at radius 3 is 2.42 bits per heavy atom. The van der Waals surface area contributed by atoms with Crippen molar-refractivity contribution in [3.05, 3.63) is 34.3 Å². The number of nitrogens with one attached hydrogen (secondary N) is 1.